The summed E-state index contributed by atoms with van der Waals surface area (Å²) in [5, 5.41) is 2.76. The molecule has 1 amide bonds. The first-order chi connectivity index (χ1) is 5.45. The third-order valence-corrected chi connectivity index (χ3v) is 2.01. The maximum absolute atomic E-state index is 10.9. The lowest BCUT2D eigenvalue weighted by molar-refractivity contribution is 0.139. The molecule has 0 saturated carbocycles. The second kappa shape index (κ2) is 2.81. The van der Waals surface area contributed by atoms with Crippen molar-refractivity contribution in [2.24, 2.45) is 5.41 Å². The van der Waals surface area contributed by atoms with Crippen LogP contribution in [0.4, 0.5) is 4.79 Å². The molecule has 3 heteroatoms. The fourth-order valence-electron chi connectivity index (χ4n) is 1.33. The monoisotopic (exact) mass is 169 g/mol. The van der Waals surface area contributed by atoms with Crippen LogP contribution in [0.2, 0.25) is 0 Å². The zero-order chi connectivity index (χ0) is 9.35. The van der Waals surface area contributed by atoms with E-state index < -0.39 is 0 Å². The van der Waals surface area contributed by atoms with E-state index >= 15 is 0 Å². The summed E-state index contributed by atoms with van der Waals surface area (Å²) in [6.07, 6.45) is 1.12. The van der Waals surface area contributed by atoms with Gasteiger partial charge in [-0.05, 0) is 11.5 Å². The van der Waals surface area contributed by atoms with Gasteiger partial charge in [-0.1, -0.05) is 27.4 Å². The third-order valence-electron chi connectivity index (χ3n) is 2.01. The molecule has 2 atom stereocenters. The summed E-state index contributed by atoms with van der Waals surface area (Å²) in [6.45, 7) is 9.80. The van der Waals surface area contributed by atoms with Crippen LogP contribution >= 0.6 is 0 Å². The van der Waals surface area contributed by atoms with Gasteiger partial charge < -0.3 is 10.1 Å². The van der Waals surface area contributed by atoms with Gasteiger partial charge in [-0.2, -0.15) is 0 Å². The SMILES string of the molecule is C=C[C@@H]1OC(=O)N[C@H]1C(C)(C)C. The predicted molar refractivity (Wildman–Crippen MR) is 46.8 cm³/mol. The molecular formula is C9H15NO2. The van der Waals surface area contributed by atoms with Gasteiger partial charge in [0.15, 0.2) is 0 Å². The van der Waals surface area contributed by atoms with Crippen molar-refractivity contribution < 1.29 is 9.53 Å². The molecule has 3 nitrogen and oxygen atoms in total. The van der Waals surface area contributed by atoms with Gasteiger partial charge in [-0.25, -0.2) is 4.79 Å². The summed E-state index contributed by atoms with van der Waals surface area (Å²) < 4.78 is 4.98. The molecule has 68 valence electrons. The Balaban J connectivity index is 2.77. The molecular weight excluding hydrogens is 154 g/mol. The van der Waals surface area contributed by atoms with E-state index in [9.17, 15) is 4.79 Å². The van der Waals surface area contributed by atoms with E-state index in [0.29, 0.717) is 0 Å². The molecule has 0 aromatic carbocycles. The molecule has 1 heterocycles. The van der Waals surface area contributed by atoms with Crippen molar-refractivity contribution in [3.63, 3.8) is 0 Å². The van der Waals surface area contributed by atoms with Crippen LogP contribution in [-0.4, -0.2) is 18.2 Å². The first-order valence-corrected chi connectivity index (χ1v) is 4.05. The highest BCUT2D eigenvalue weighted by Gasteiger charge is 2.39. The molecule has 12 heavy (non-hydrogen) atoms. The van der Waals surface area contributed by atoms with Crippen LogP contribution in [0, 0.1) is 5.41 Å². The van der Waals surface area contributed by atoms with Crippen molar-refractivity contribution in [2.45, 2.75) is 32.9 Å². The molecule has 0 spiro atoms. The summed E-state index contributed by atoms with van der Waals surface area (Å²) in [4.78, 5) is 10.9. The zero-order valence-electron chi connectivity index (χ0n) is 7.76. The maximum Gasteiger partial charge on any atom is 0.408 e. The van der Waals surface area contributed by atoms with Crippen molar-refractivity contribution in [2.75, 3.05) is 0 Å². The van der Waals surface area contributed by atoms with E-state index in [1.165, 1.54) is 0 Å². The number of hydrogen-bond acceptors (Lipinski definition) is 2. The second-order valence-corrected chi connectivity index (χ2v) is 4.09. The Bertz CT molecular complexity index is 205. The number of hydrogen-bond donors (Lipinski definition) is 1. The van der Waals surface area contributed by atoms with E-state index in [2.05, 4.69) is 32.7 Å². The lowest BCUT2D eigenvalue weighted by atomic mass is 9.84. The predicted octanol–water partition coefficient (Wildman–Crippen LogP) is 1.70. The van der Waals surface area contributed by atoms with Gasteiger partial charge in [-0.3, -0.25) is 0 Å². The molecule has 1 saturated heterocycles. The van der Waals surface area contributed by atoms with Crippen LogP contribution in [0.25, 0.3) is 0 Å². The van der Waals surface area contributed by atoms with E-state index in [-0.39, 0.29) is 23.7 Å². The van der Waals surface area contributed by atoms with Crippen LogP contribution in [0.15, 0.2) is 12.7 Å². The summed E-state index contributed by atoms with van der Waals surface area (Å²) in [5.74, 6) is 0. The highest BCUT2D eigenvalue weighted by atomic mass is 16.6. The smallest absolute Gasteiger partial charge is 0.408 e. The van der Waals surface area contributed by atoms with E-state index in [0.717, 1.165) is 0 Å². The lowest BCUT2D eigenvalue weighted by Gasteiger charge is -2.27. The van der Waals surface area contributed by atoms with Crippen LogP contribution in [0.3, 0.4) is 0 Å². The van der Waals surface area contributed by atoms with Gasteiger partial charge in [-0.15, -0.1) is 0 Å². The van der Waals surface area contributed by atoms with E-state index in [1.54, 1.807) is 6.08 Å². The summed E-state index contributed by atoms with van der Waals surface area (Å²) in [6, 6.07) is 0.0301. The quantitative estimate of drug-likeness (QED) is 0.607. The number of alkyl carbamates (subject to hydrolysis) is 1. The molecule has 0 unspecified atom stereocenters. The van der Waals surface area contributed by atoms with Crippen molar-refractivity contribution in [3.05, 3.63) is 12.7 Å². The van der Waals surface area contributed by atoms with Crippen LogP contribution in [-0.2, 0) is 4.74 Å². The number of nitrogens with one attached hydrogen (secondary N) is 1. The lowest BCUT2D eigenvalue weighted by Crippen LogP contribution is -2.42. The maximum atomic E-state index is 10.9. The Morgan fingerprint density at radius 3 is 2.50 bits per heavy atom. The van der Waals surface area contributed by atoms with Crippen LogP contribution in [0.5, 0.6) is 0 Å². The normalized spacial score (nSPS) is 29.4. The Morgan fingerprint density at radius 2 is 2.17 bits per heavy atom. The fraction of sp³-hybridized carbons (Fsp3) is 0.667. The van der Waals surface area contributed by atoms with Gasteiger partial charge in [0.05, 0.1) is 6.04 Å². The number of carbonyl (C=O) groups is 1. The standard InChI is InChI=1S/C9H15NO2/c1-5-6-7(9(2,3)4)10-8(11)12-6/h5-7H,1H2,2-4H3,(H,10,11)/t6-,7+/m0/s1. The molecule has 0 radical (unpaired) electrons. The molecule has 1 aliphatic rings. The number of ether oxygens (including phenoxy) is 1. The highest BCUT2D eigenvalue weighted by molar-refractivity contribution is 5.70. The average molecular weight is 169 g/mol. The Hall–Kier alpha value is -0.990. The molecule has 0 aromatic rings. The topological polar surface area (TPSA) is 38.3 Å². The molecule has 0 bridgehead atoms. The molecule has 1 fully saturated rings. The molecule has 1 N–H and O–H groups in total. The Morgan fingerprint density at radius 1 is 1.58 bits per heavy atom. The third kappa shape index (κ3) is 1.60. The minimum Gasteiger partial charge on any atom is -0.440 e. The fourth-order valence-corrected chi connectivity index (χ4v) is 1.33. The summed E-state index contributed by atoms with van der Waals surface area (Å²) in [7, 11) is 0. The van der Waals surface area contributed by atoms with Crippen molar-refractivity contribution >= 4 is 6.09 Å². The van der Waals surface area contributed by atoms with E-state index in [4.69, 9.17) is 4.74 Å². The zero-order valence-corrected chi connectivity index (χ0v) is 7.76. The minimum atomic E-state index is -0.347. The molecule has 0 aromatic heterocycles. The molecule has 0 aliphatic carbocycles. The minimum absolute atomic E-state index is 0.00498. The van der Waals surface area contributed by atoms with E-state index in [1.807, 2.05) is 0 Å². The van der Waals surface area contributed by atoms with Gasteiger partial charge in [0, 0.05) is 0 Å². The first kappa shape index (κ1) is 9.10. The van der Waals surface area contributed by atoms with Crippen LogP contribution < -0.4 is 5.32 Å². The van der Waals surface area contributed by atoms with Gasteiger partial charge >= 0.3 is 6.09 Å². The number of carbonyl (C=O) groups excluding carboxylic acids is 1. The first-order valence-electron chi connectivity index (χ1n) is 4.05. The van der Waals surface area contributed by atoms with Crippen molar-refractivity contribution in [3.8, 4) is 0 Å². The van der Waals surface area contributed by atoms with Gasteiger partial charge in [0.25, 0.3) is 0 Å². The second-order valence-electron chi connectivity index (χ2n) is 4.09. The van der Waals surface area contributed by atoms with Gasteiger partial charge in [0.2, 0.25) is 0 Å². The van der Waals surface area contributed by atoms with Crippen molar-refractivity contribution in [1.29, 1.82) is 0 Å². The molecule has 1 rings (SSSR count). The largest absolute Gasteiger partial charge is 0.440 e. The molecule has 1 aliphatic heterocycles. The highest BCUT2D eigenvalue weighted by Crippen LogP contribution is 2.27. The van der Waals surface area contributed by atoms with Gasteiger partial charge in [0.1, 0.15) is 6.10 Å². The Labute approximate surface area is 72.8 Å². The van der Waals surface area contributed by atoms with Crippen molar-refractivity contribution in [1.82, 2.24) is 5.32 Å². The average Bonchev–Trinajstić information content (AvgIpc) is 2.29. The number of rotatable bonds is 1. The number of cyclic esters (lactones) is 1. The van der Waals surface area contributed by atoms with Crippen LogP contribution in [0.1, 0.15) is 20.8 Å². The summed E-state index contributed by atoms with van der Waals surface area (Å²) in [5.41, 5.74) is 0.00498. The summed E-state index contributed by atoms with van der Waals surface area (Å²) >= 11 is 0. The Kier molecular flexibility index (Phi) is 2.13. The number of amides is 1.